The van der Waals surface area contributed by atoms with Crippen molar-refractivity contribution in [2.45, 2.75) is 32.2 Å². The molecule has 1 saturated heterocycles. The lowest BCUT2D eigenvalue weighted by Gasteiger charge is -2.36. The molecule has 1 aliphatic heterocycles. The fourth-order valence-electron chi connectivity index (χ4n) is 2.37. The van der Waals surface area contributed by atoms with E-state index in [1.54, 1.807) is 0 Å². The number of rotatable bonds is 3. The Labute approximate surface area is 101 Å². The van der Waals surface area contributed by atoms with Gasteiger partial charge in [-0.3, -0.25) is 9.89 Å². The Balaban J connectivity index is 2.15. The number of hydrogen-bond acceptors (Lipinski definition) is 3. The molecule has 1 aliphatic rings. The van der Waals surface area contributed by atoms with Gasteiger partial charge in [-0.15, -0.1) is 0 Å². The van der Waals surface area contributed by atoms with Crippen molar-refractivity contribution in [3.63, 3.8) is 0 Å². The lowest BCUT2D eigenvalue weighted by molar-refractivity contribution is -0.138. The van der Waals surface area contributed by atoms with Crippen LogP contribution < -0.4 is 5.73 Å². The highest BCUT2D eigenvalue weighted by atomic mass is 16.2. The zero-order valence-corrected chi connectivity index (χ0v) is 10.2. The number of hydrogen-bond donors (Lipinski definition) is 2. The van der Waals surface area contributed by atoms with Gasteiger partial charge in [0.05, 0.1) is 12.2 Å². The second kappa shape index (κ2) is 5.31. The van der Waals surface area contributed by atoms with E-state index in [1.165, 1.54) is 0 Å². The van der Waals surface area contributed by atoms with Crippen LogP contribution in [0.5, 0.6) is 0 Å². The third-order valence-corrected chi connectivity index (χ3v) is 3.47. The minimum Gasteiger partial charge on any atom is -0.335 e. The zero-order valence-electron chi connectivity index (χ0n) is 10.2. The highest BCUT2D eigenvalue weighted by Crippen LogP contribution is 2.31. The normalized spacial score (nSPS) is 22.5. The Bertz CT molecular complexity index is 363. The van der Waals surface area contributed by atoms with Crippen LogP contribution in [0.2, 0.25) is 0 Å². The number of nitrogens with one attached hydrogen (secondary N) is 1. The van der Waals surface area contributed by atoms with Crippen molar-refractivity contribution >= 4 is 5.91 Å². The van der Waals surface area contributed by atoms with Gasteiger partial charge >= 0.3 is 0 Å². The van der Waals surface area contributed by atoms with E-state index in [0.29, 0.717) is 6.54 Å². The number of amides is 1. The first-order valence-corrected chi connectivity index (χ1v) is 6.23. The molecule has 1 amide bonds. The summed E-state index contributed by atoms with van der Waals surface area (Å²) < 4.78 is 0. The maximum Gasteiger partial charge on any atom is 0.227 e. The number of nitrogens with two attached hydrogens (primary N) is 1. The Morgan fingerprint density at radius 2 is 2.53 bits per heavy atom. The van der Waals surface area contributed by atoms with Gasteiger partial charge in [0, 0.05) is 30.8 Å². The molecule has 0 bridgehead atoms. The van der Waals surface area contributed by atoms with Crippen LogP contribution >= 0.6 is 0 Å². The number of carbonyl (C=O) groups excluding carboxylic acids is 1. The molecule has 2 rings (SSSR count). The van der Waals surface area contributed by atoms with Gasteiger partial charge in [-0.1, -0.05) is 6.92 Å². The number of aromatic amines is 1. The number of nitrogens with zero attached hydrogens (tertiary/aromatic N) is 2. The average molecular weight is 236 g/mol. The van der Waals surface area contributed by atoms with Crippen molar-refractivity contribution in [3.05, 3.63) is 18.0 Å². The average Bonchev–Trinajstić information content (AvgIpc) is 2.90. The number of carbonyl (C=O) groups is 1. The molecule has 2 unspecified atom stereocenters. The summed E-state index contributed by atoms with van der Waals surface area (Å²) in [6, 6.07) is 0.170. The van der Waals surface area contributed by atoms with Gasteiger partial charge in [0.1, 0.15) is 0 Å². The second-order valence-corrected chi connectivity index (χ2v) is 4.71. The van der Waals surface area contributed by atoms with E-state index in [2.05, 4.69) is 10.2 Å². The molecule has 1 aromatic heterocycles. The molecule has 94 valence electrons. The fourth-order valence-corrected chi connectivity index (χ4v) is 2.37. The van der Waals surface area contributed by atoms with Crippen molar-refractivity contribution in [1.29, 1.82) is 0 Å². The molecule has 1 fully saturated rings. The fraction of sp³-hybridized carbons (Fsp3) is 0.667. The number of H-pyrrole nitrogens is 1. The monoisotopic (exact) mass is 236 g/mol. The molecule has 2 atom stereocenters. The summed E-state index contributed by atoms with van der Waals surface area (Å²) in [6.07, 6.45) is 6.95. The van der Waals surface area contributed by atoms with Gasteiger partial charge in [0.2, 0.25) is 5.91 Å². The van der Waals surface area contributed by atoms with E-state index in [0.717, 1.165) is 31.4 Å². The molecule has 0 spiro atoms. The Morgan fingerprint density at radius 3 is 3.18 bits per heavy atom. The maximum atomic E-state index is 12.3. The Kier molecular flexibility index (Phi) is 3.78. The summed E-state index contributed by atoms with van der Waals surface area (Å²) >= 11 is 0. The minimum absolute atomic E-state index is 0.0949. The topological polar surface area (TPSA) is 75.0 Å². The first-order valence-electron chi connectivity index (χ1n) is 6.23. The summed E-state index contributed by atoms with van der Waals surface area (Å²) in [5.74, 6) is 0.0703. The SMILES string of the molecule is CC(CN)C(=O)N1CCCCC1c1cn[nH]c1. The molecule has 1 aromatic rings. The Morgan fingerprint density at radius 1 is 1.71 bits per heavy atom. The van der Waals surface area contributed by atoms with Crippen LogP contribution in [-0.4, -0.2) is 34.1 Å². The van der Waals surface area contributed by atoms with E-state index in [9.17, 15) is 4.79 Å². The molecule has 3 N–H and O–H groups in total. The molecule has 5 nitrogen and oxygen atoms in total. The Hall–Kier alpha value is -1.36. The van der Waals surface area contributed by atoms with Crippen LogP contribution in [0, 0.1) is 5.92 Å². The van der Waals surface area contributed by atoms with Crippen molar-refractivity contribution < 1.29 is 4.79 Å². The largest absolute Gasteiger partial charge is 0.335 e. The molecule has 2 heterocycles. The van der Waals surface area contributed by atoms with Crippen LogP contribution in [0.25, 0.3) is 0 Å². The third-order valence-electron chi connectivity index (χ3n) is 3.47. The van der Waals surface area contributed by atoms with Gasteiger partial charge < -0.3 is 10.6 Å². The molecule has 5 heteroatoms. The second-order valence-electron chi connectivity index (χ2n) is 4.71. The summed E-state index contributed by atoms with van der Waals surface area (Å²) in [6.45, 7) is 3.13. The van der Waals surface area contributed by atoms with Gasteiger partial charge in [-0.2, -0.15) is 5.10 Å². The lowest BCUT2D eigenvalue weighted by atomic mass is 9.96. The van der Waals surface area contributed by atoms with Crippen molar-refractivity contribution in [1.82, 2.24) is 15.1 Å². The van der Waals surface area contributed by atoms with Crippen LogP contribution in [0.1, 0.15) is 37.8 Å². The maximum absolute atomic E-state index is 12.3. The van der Waals surface area contributed by atoms with Crippen molar-refractivity contribution in [2.24, 2.45) is 11.7 Å². The summed E-state index contributed by atoms with van der Waals surface area (Å²) in [7, 11) is 0. The lowest BCUT2D eigenvalue weighted by Crippen LogP contribution is -2.42. The van der Waals surface area contributed by atoms with Gasteiger partial charge in [-0.25, -0.2) is 0 Å². The zero-order chi connectivity index (χ0) is 12.3. The molecule has 17 heavy (non-hydrogen) atoms. The molecule has 0 saturated carbocycles. The van der Waals surface area contributed by atoms with E-state index in [-0.39, 0.29) is 17.9 Å². The van der Waals surface area contributed by atoms with Crippen LogP contribution in [-0.2, 0) is 4.79 Å². The van der Waals surface area contributed by atoms with E-state index < -0.39 is 0 Å². The quantitative estimate of drug-likeness (QED) is 0.824. The molecular weight excluding hydrogens is 216 g/mol. The predicted molar refractivity (Wildman–Crippen MR) is 65.1 cm³/mol. The molecule has 0 radical (unpaired) electrons. The van der Waals surface area contributed by atoms with Crippen molar-refractivity contribution in [3.8, 4) is 0 Å². The highest BCUT2D eigenvalue weighted by Gasteiger charge is 2.30. The first-order chi connectivity index (χ1) is 8.24. The van der Waals surface area contributed by atoms with Gasteiger partial charge in [0.25, 0.3) is 0 Å². The predicted octanol–water partition coefficient (Wildman–Crippen LogP) is 1.06. The summed E-state index contributed by atoms with van der Waals surface area (Å²) in [4.78, 5) is 14.2. The van der Waals surface area contributed by atoms with Crippen molar-refractivity contribution in [2.75, 3.05) is 13.1 Å². The molecule has 0 aromatic carbocycles. The first kappa shape index (κ1) is 12.1. The van der Waals surface area contributed by atoms with Crippen LogP contribution in [0.4, 0.5) is 0 Å². The van der Waals surface area contributed by atoms with Gasteiger partial charge in [-0.05, 0) is 19.3 Å². The van der Waals surface area contributed by atoms with Crippen LogP contribution in [0.15, 0.2) is 12.4 Å². The van der Waals surface area contributed by atoms with E-state index in [1.807, 2.05) is 24.2 Å². The smallest absolute Gasteiger partial charge is 0.227 e. The summed E-state index contributed by atoms with van der Waals surface area (Å²) in [5, 5.41) is 6.79. The number of likely N-dealkylation sites (tertiary alicyclic amines) is 1. The third kappa shape index (κ3) is 2.49. The van der Waals surface area contributed by atoms with Crippen LogP contribution in [0.3, 0.4) is 0 Å². The van der Waals surface area contributed by atoms with Gasteiger partial charge in [0.15, 0.2) is 0 Å². The minimum atomic E-state index is -0.0949. The number of piperidine rings is 1. The highest BCUT2D eigenvalue weighted by molar-refractivity contribution is 5.79. The molecule has 0 aliphatic carbocycles. The summed E-state index contributed by atoms with van der Waals surface area (Å²) in [5.41, 5.74) is 6.68. The van der Waals surface area contributed by atoms with E-state index >= 15 is 0 Å². The molecular formula is C12H20N4O. The number of aromatic nitrogens is 2. The standard InChI is InChI=1S/C12H20N4O/c1-9(6-13)12(17)16-5-3-2-4-11(16)10-7-14-15-8-10/h7-9,11H,2-6,13H2,1H3,(H,14,15). The van der Waals surface area contributed by atoms with E-state index in [4.69, 9.17) is 5.73 Å².